The van der Waals surface area contributed by atoms with E-state index in [1.54, 1.807) is 0 Å². The highest BCUT2D eigenvalue weighted by molar-refractivity contribution is 9.13. The predicted octanol–water partition coefficient (Wildman–Crippen LogP) is 3.54. The Morgan fingerprint density at radius 1 is 1.39 bits per heavy atom. The predicted molar refractivity (Wildman–Crippen MR) is 82.6 cm³/mol. The molecule has 0 radical (unpaired) electrons. The first-order valence-corrected chi connectivity index (χ1v) is 7.59. The maximum atomic E-state index is 5.98. The Balaban J connectivity index is 2.24. The zero-order chi connectivity index (χ0) is 13.3. The lowest BCUT2D eigenvalue weighted by atomic mass is 10.1. The molecule has 5 heteroatoms. The van der Waals surface area contributed by atoms with Crippen molar-refractivity contribution in [3.05, 3.63) is 32.7 Å². The molecule has 2 N–H and O–H groups in total. The summed E-state index contributed by atoms with van der Waals surface area (Å²) >= 11 is 7.04. The first kappa shape index (κ1) is 13.9. The summed E-state index contributed by atoms with van der Waals surface area (Å²) in [5, 5.41) is 0. The zero-order valence-corrected chi connectivity index (χ0v) is 13.7. The Morgan fingerprint density at radius 2 is 2.11 bits per heavy atom. The fourth-order valence-electron chi connectivity index (χ4n) is 2.15. The molecule has 0 fully saturated rings. The van der Waals surface area contributed by atoms with Crippen molar-refractivity contribution < 1.29 is 0 Å². The largest absolute Gasteiger partial charge is 0.370 e. The van der Waals surface area contributed by atoms with E-state index in [4.69, 9.17) is 5.73 Å². The maximum Gasteiger partial charge on any atom is 0.191 e. The number of hydrogen-bond donors (Lipinski definition) is 1. The van der Waals surface area contributed by atoms with Gasteiger partial charge in [-0.25, -0.2) is 0 Å². The SMILES string of the molecule is CC(C)CN1C(N)=NCC1c1ccc(Br)c(Br)c1. The monoisotopic (exact) mass is 373 g/mol. The molecule has 1 atom stereocenters. The smallest absolute Gasteiger partial charge is 0.191 e. The fourth-order valence-corrected chi connectivity index (χ4v) is 2.79. The van der Waals surface area contributed by atoms with Crippen LogP contribution in [0.5, 0.6) is 0 Å². The topological polar surface area (TPSA) is 41.6 Å². The molecule has 0 bridgehead atoms. The van der Waals surface area contributed by atoms with Crippen molar-refractivity contribution in [1.82, 2.24) is 4.90 Å². The van der Waals surface area contributed by atoms with Gasteiger partial charge in [0.1, 0.15) is 0 Å². The number of guanidine groups is 1. The molecule has 1 aromatic rings. The molecule has 0 aliphatic carbocycles. The van der Waals surface area contributed by atoms with Crippen LogP contribution in [-0.4, -0.2) is 23.9 Å². The van der Waals surface area contributed by atoms with E-state index in [1.807, 2.05) is 0 Å². The quantitative estimate of drug-likeness (QED) is 0.878. The van der Waals surface area contributed by atoms with Crippen LogP contribution in [0.4, 0.5) is 0 Å². The van der Waals surface area contributed by atoms with E-state index in [0.717, 1.165) is 22.0 Å². The van der Waals surface area contributed by atoms with Crippen molar-refractivity contribution in [3.63, 3.8) is 0 Å². The lowest BCUT2D eigenvalue weighted by Gasteiger charge is -2.28. The molecule has 18 heavy (non-hydrogen) atoms. The number of aliphatic imine (C=N–C) groups is 1. The van der Waals surface area contributed by atoms with E-state index in [1.165, 1.54) is 5.56 Å². The van der Waals surface area contributed by atoms with Crippen LogP contribution in [-0.2, 0) is 0 Å². The Hall–Kier alpha value is -0.550. The van der Waals surface area contributed by atoms with Crippen LogP contribution in [0.15, 0.2) is 32.1 Å². The molecule has 0 saturated heterocycles. The number of nitrogens with zero attached hydrogens (tertiary/aromatic N) is 2. The van der Waals surface area contributed by atoms with Crippen molar-refractivity contribution in [3.8, 4) is 0 Å². The number of nitrogens with two attached hydrogens (primary N) is 1. The van der Waals surface area contributed by atoms with Gasteiger partial charge >= 0.3 is 0 Å². The van der Waals surface area contributed by atoms with E-state index in [2.05, 4.69) is 73.8 Å². The Kier molecular flexibility index (Phi) is 4.33. The molecule has 0 saturated carbocycles. The molecule has 0 amide bonds. The summed E-state index contributed by atoms with van der Waals surface area (Å²) in [5.74, 6) is 1.23. The summed E-state index contributed by atoms with van der Waals surface area (Å²) in [6.45, 7) is 6.07. The third-order valence-electron chi connectivity index (χ3n) is 2.99. The molecular formula is C13H17Br2N3. The second-order valence-electron chi connectivity index (χ2n) is 4.93. The summed E-state index contributed by atoms with van der Waals surface area (Å²) in [4.78, 5) is 6.57. The van der Waals surface area contributed by atoms with Gasteiger partial charge in [0.15, 0.2) is 5.96 Å². The molecule has 1 unspecified atom stereocenters. The standard InChI is InChI=1S/C13H17Br2N3/c1-8(2)7-18-12(6-17-13(18)16)9-3-4-10(14)11(15)5-9/h3-5,8,12H,6-7H2,1-2H3,(H2,16,17). The third kappa shape index (κ3) is 2.88. The highest BCUT2D eigenvalue weighted by atomic mass is 79.9. The minimum atomic E-state index is 0.261. The van der Waals surface area contributed by atoms with Crippen LogP contribution in [0, 0.1) is 5.92 Å². The molecule has 0 spiro atoms. The van der Waals surface area contributed by atoms with Crippen LogP contribution in [0.25, 0.3) is 0 Å². The van der Waals surface area contributed by atoms with Gasteiger partial charge in [-0.1, -0.05) is 19.9 Å². The average molecular weight is 375 g/mol. The zero-order valence-electron chi connectivity index (χ0n) is 10.5. The van der Waals surface area contributed by atoms with Gasteiger partial charge in [-0.2, -0.15) is 0 Å². The summed E-state index contributed by atoms with van der Waals surface area (Å²) in [6.07, 6.45) is 0. The summed E-state index contributed by atoms with van der Waals surface area (Å²) in [5.41, 5.74) is 7.22. The summed E-state index contributed by atoms with van der Waals surface area (Å²) in [7, 11) is 0. The fraction of sp³-hybridized carbons (Fsp3) is 0.462. The molecule has 1 aromatic carbocycles. The van der Waals surface area contributed by atoms with E-state index in [-0.39, 0.29) is 6.04 Å². The Bertz CT molecular complexity index is 471. The van der Waals surface area contributed by atoms with Crippen molar-refractivity contribution >= 4 is 37.8 Å². The van der Waals surface area contributed by atoms with Crippen LogP contribution in [0.3, 0.4) is 0 Å². The van der Waals surface area contributed by atoms with Gasteiger partial charge < -0.3 is 10.6 Å². The lowest BCUT2D eigenvalue weighted by molar-refractivity contribution is 0.309. The molecule has 98 valence electrons. The number of hydrogen-bond acceptors (Lipinski definition) is 3. The lowest BCUT2D eigenvalue weighted by Crippen LogP contribution is -2.38. The highest BCUT2D eigenvalue weighted by Gasteiger charge is 2.27. The minimum absolute atomic E-state index is 0.261. The second-order valence-corrected chi connectivity index (χ2v) is 6.64. The van der Waals surface area contributed by atoms with Crippen molar-refractivity contribution in [1.29, 1.82) is 0 Å². The second kappa shape index (κ2) is 5.61. The normalized spacial score (nSPS) is 19.5. The first-order chi connectivity index (χ1) is 8.49. The summed E-state index contributed by atoms with van der Waals surface area (Å²) in [6, 6.07) is 6.58. The van der Waals surface area contributed by atoms with Crippen molar-refractivity contribution in [2.45, 2.75) is 19.9 Å². The Morgan fingerprint density at radius 3 is 2.72 bits per heavy atom. The first-order valence-electron chi connectivity index (χ1n) is 6.00. The molecule has 1 aliphatic rings. The van der Waals surface area contributed by atoms with Crippen molar-refractivity contribution in [2.24, 2.45) is 16.6 Å². The molecule has 3 nitrogen and oxygen atoms in total. The molecule has 1 aliphatic heterocycles. The third-order valence-corrected chi connectivity index (χ3v) is 4.87. The number of rotatable bonds is 3. The van der Waals surface area contributed by atoms with Crippen LogP contribution in [0.1, 0.15) is 25.5 Å². The van der Waals surface area contributed by atoms with Gasteiger partial charge in [-0.05, 0) is 55.5 Å². The van der Waals surface area contributed by atoms with Crippen LogP contribution in [0.2, 0.25) is 0 Å². The average Bonchev–Trinajstić information content (AvgIpc) is 2.64. The van der Waals surface area contributed by atoms with Gasteiger partial charge in [-0.3, -0.25) is 4.99 Å². The van der Waals surface area contributed by atoms with E-state index in [9.17, 15) is 0 Å². The highest BCUT2D eigenvalue weighted by Crippen LogP contribution is 2.31. The molecule has 0 aromatic heterocycles. The van der Waals surface area contributed by atoms with Gasteiger partial charge in [0.2, 0.25) is 0 Å². The Labute approximate surface area is 125 Å². The van der Waals surface area contributed by atoms with Gasteiger partial charge in [0.25, 0.3) is 0 Å². The van der Waals surface area contributed by atoms with E-state index >= 15 is 0 Å². The van der Waals surface area contributed by atoms with E-state index < -0.39 is 0 Å². The molecule has 1 heterocycles. The summed E-state index contributed by atoms with van der Waals surface area (Å²) < 4.78 is 2.13. The van der Waals surface area contributed by atoms with Crippen LogP contribution < -0.4 is 5.73 Å². The van der Waals surface area contributed by atoms with Gasteiger partial charge in [0.05, 0.1) is 12.6 Å². The minimum Gasteiger partial charge on any atom is -0.370 e. The molecular weight excluding hydrogens is 358 g/mol. The van der Waals surface area contributed by atoms with Gasteiger partial charge in [0, 0.05) is 15.5 Å². The number of halogens is 2. The number of benzene rings is 1. The van der Waals surface area contributed by atoms with Crippen molar-refractivity contribution in [2.75, 3.05) is 13.1 Å². The van der Waals surface area contributed by atoms with Gasteiger partial charge in [-0.15, -0.1) is 0 Å². The molecule has 2 rings (SSSR count). The van der Waals surface area contributed by atoms with E-state index in [0.29, 0.717) is 11.9 Å². The van der Waals surface area contributed by atoms with Crippen LogP contribution >= 0.6 is 31.9 Å². The maximum absolute atomic E-state index is 5.98.